The van der Waals surface area contributed by atoms with Crippen molar-refractivity contribution in [3.8, 4) is 5.69 Å². The van der Waals surface area contributed by atoms with Gasteiger partial charge in [0.05, 0.1) is 5.69 Å². The van der Waals surface area contributed by atoms with E-state index in [-0.39, 0.29) is 11.4 Å². The summed E-state index contributed by atoms with van der Waals surface area (Å²) in [6.07, 6.45) is 1.37. The van der Waals surface area contributed by atoms with Crippen LogP contribution in [-0.4, -0.2) is 9.78 Å². The van der Waals surface area contributed by atoms with Crippen LogP contribution in [0.15, 0.2) is 18.2 Å². The lowest BCUT2D eigenvalue weighted by Crippen LogP contribution is -2.08. The Bertz CT molecular complexity index is 553. The van der Waals surface area contributed by atoms with Crippen molar-refractivity contribution in [2.75, 3.05) is 5.73 Å². The van der Waals surface area contributed by atoms with Crippen LogP contribution < -0.4 is 5.73 Å². The molecule has 0 aliphatic rings. The molecule has 0 atom stereocenters. The van der Waals surface area contributed by atoms with Gasteiger partial charge in [-0.1, -0.05) is 13.8 Å². The summed E-state index contributed by atoms with van der Waals surface area (Å²) in [6.45, 7) is 3.86. The third-order valence-electron chi connectivity index (χ3n) is 2.81. The number of benzene rings is 1. The molecule has 0 aliphatic carbocycles. The average Bonchev–Trinajstić information content (AvgIpc) is 2.71. The highest BCUT2D eigenvalue weighted by atomic mass is 19.1. The van der Waals surface area contributed by atoms with Crippen LogP contribution >= 0.6 is 0 Å². The monoisotopic (exact) mass is 251 g/mol. The molecule has 0 saturated carbocycles. The number of halogens is 2. The molecule has 18 heavy (non-hydrogen) atoms. The summed E-state index contributed by atoms with van der Waals surface area (Å²) in [5.41, 5.74) is 6.88. The van der Waals surface area contributed by atoms with Crippen molar-refractivity contribution in [2.45, 2.75) is 26.7 Å². The highest BCUT2D eigenvalue weighted by Crippen LogP contribution is 2.23. The zero-order chi connectivity index (χ0) is 13.3. The van der Waals surface area contributed by atoms with Crippen LogP contribution in [0.4, 0.5) is 14.5 Å². The van der Waals surface area contributed by atoms with Gasteiger partial charge in [-0.3, -0.25) is 0 Å². The van der Waals surface area contributed by atoms with E-state index in [4.69, 9.17) is 5.73 Å². The van der Waals surface area contributed by atoms with Gasteiger partial charge in [-0.15, -0.1) is 0 Å². The second-order valence-corrected chi connectivity index (χ2v) is 4.08. The molecule has 1 heterocycles. The van der Waals surface area contributed by atoms with Crippen LogP contribution in [0.3, 0.4) is 0 Å². The predicted octanol–water partition coefficient (Wildman–Crippen LogP) is 2.86. The maximum absolute atomic E-state index is 13.8. The Balaban J connectivity index is 2.64. The zero-order valence-corrected chi connectivity index (χ0v) is 10.4. The maximum atomic E-state index is 13.8. The fourth-order valence-electron chi connectivity index (χ4n) is 1.88. The Morgan fingerprint density at radius 1 is 1.11 bits per heavy atom. The Kier molecular flexibility index (Phi) is 3.32. The number of nitrogens with two attached hydrogens (primary N) is 1. The first-order valence-electron chi connectivity index (χ1n) is 5.89. The number of anilines is 1. The molecule has 0 radical (unpaired) electrons. The molecule has 5 heteroatoms. The summed E-state index contributed by atoms with van der Waals surface area (Å²) in [6, 6.07) is 4.06. The summed E-state index contributed by atoms with van der Waals surface area (Å²) in [5.74, 6) is -1.40. The zero-order valence-electron chi connectivity index (χ0n) is 10.4. The van der Waals surface area contributed by atoms with Gasteiger partial charge in [0.1, 0.15) is 5.69 Å². The van der Waals surface area contributed by atoms with Crippen LogP contribution in [0, 0.1) is 11.6 Å². The maximum Gasteiger partial charge on any atom is 0.153 e. The summed E-state index contributed by atoms with van der Waals surface area (Å²) < 4.78 is 29.0. The van der Waals surface area contributed by atoms with E-state index in [2.05, 4.69) is 5.10 Å². The van der Waals surface area contributed by atoms with Crippen LogP contribution in [-0.2, 0) is 12.8 Å². The van der Waals surface area contributed by atoms with Gasteiger partial charge in [-0.05, 0) is 31.0 Å². The van der Waals surface area contributed by atoms with Gasteiger partial charge in [-0.2, -0.15) is 5.10 Å². The highest BCUT2D eigenvalue weighted by molar-refractivity contribution is 5.48. The SMILES string of the molecule is CCc1cc(CC)n(-c2c(F)cc(N)cc2F)n1. The first-order valence-corrected chi connectivity index (χ1v) is 5.89. The first-order chi connectivity index (χ1) is 8.56. The van der Waals surface area contributed by atoms with Crippen molar-refractivity contribution in [1.82, 2.24) is 9.78 Å². The van der Waals surface area contributed by atoms with Gasteiger partial charge in [0.2, 0.25) is 0 Å². The van der Waals surface area contributed by atoms with Crippen molar-refractivity contribution in [3.05, 3.63) is 41.2 Å². The fourth-order valence-corrected chi connectivity index (χ4v) is 1.88. The number of aromatic nitrogens is 2. The second kappa shape index (κ2) is 4.76. The van der Waals surface area contributed by atoms with Gasteiger partial charge < -0.3 is 5.73 Å². The molecule has 0 saturated heterocycles. The van der Waals surface area contributed by atoms with Crippen LogP contribution in [0.25, 0.3) is 5.69 Å². The lowest BCUT2D eigenvalue weighted by atomic mass is 10.2. The van der Waals surface area contributed by atoms with Crippen molar-refractivity contribution in [3.63, 3.8) is 0 Å². The normalized spacial score (nSPS) is 10.9. The molecule has 0 bridgehead atoms. The van der Waals surface area contributed by atoms with Crippen molar-refractivity contribution in [1.29, 1.82) is 0 Å². The average molecular weight is 251 g/mol. The standard InChI is InChI=1S/C13H15F2N3/c1-3-9-7-10(4-2)18(17-9)13-11(14)5-8(16)6-12(13)15/h5-7H,3-4,16H2,1-2H3. The Hall–Kier alpha value is -1.91. The molecule has 3 nitrogen and oxygen atoms in total. The molecule has 1 aromatic heterocycles. The lowest BCUT2D eigenvalue weighted by molar-refractivity contribution is 0.556. The van der Waals surface area contributed by atoms with E-state index in [1.165, 1.54) is 4.68 Å². The molecule has 0 spiro atoms. The molecular formula is C13H15F2N3. The number of nitrogens with zero attached hydrogens (tertiary/aromatic N) is 2. The summed E-state index contributed by atoms with van der Waals surface area (Å²) >= 11 is 0. The topological polar surface area (TPSA) is 43.8 Å². The van der Waals surface area contributed by atoms with Gasteiger partial charge in [0, 0.05) is 11.4 Å². The van der Waals surface area contributed by atoms with E-state index in [1.54, 1.807) is 0 Å². The number of hydrogen-bond donors (Lipinski definition) is 1. The van der Waals surface area contributed by atoms with Crippen molar-refractivity contribution < 1.29 is 8.78 Å². The third kappa shape index (κ3) is 2.08. The van der Waals surface area contributed by atoms with E-state index in [0.717, 1.165) is 29.9 Å². The lowest BCUT2D eigenvalue weighted by Gasteiger charge is -2.09. The molecule has 2 N–H and O–H groups in total. The largest absolute Gasteiger partial charge is 0.399 e. The summed E-state index contributed by atoms with van der Waals surface area (Å²) in [7, 11) is 0. The molecule has 0 aliphatic heterocycles. The quantitative estimate of drug-likeness (QED) is 0.852. The molecule has 2 rings (SSSR count). The molecule has 0 unspecified atom stereocenters. The third-order valence-corrected chi connectivity index (χ3v) is 2.81. The minimum Gasteiger partial charge on any atom is -0.399 e. The minimum absolute atomic E-state index is 0.0645. The number of rotatable bonds is 3. The van der Waals surface area contributed by atoms with Gasteiger partial charge in [-0.25, -0.2) is 13.5 Å². The Labute approximate surface area is 104 Å². The smallest absolute Gasteiger partial charge is 0.153 e. The molecule has 1 aromatic carbocycles. The van der Waals surface area contributed by atoms with Crippen molar-refractivity contribution >= 4 is 5.69 Å². The van der Waals surface area contributed by atoms with E-state index in [9.17, 15) is 8.78 Å². The van der Waals surface area contributed by atoms with E-state index >= 15 is 0 Å². The predicted molar refractivity (Wildman–Crippen MR) is 66.6 cm³/mol. The van der Waals surface area contributed by atoms with E-state index in [1.807, 2.05) is 19.9 Å². The Morgan fingerprint density at radius 2 is 1.72 bits per heavy atom. The number of hydrogen-bond acceptors (Lipinski definition) is 2. The number of aryl methyl sites for hydroxylation is 2. The van der Waals surface area contributed by atoms with Gasteiger partial charge >= 0.3 is 0 Å². The van der Waals surface area contributed by atoms with Gasteiger partial charge in [0.15, 0.2) is 11.6 Å². The Morgan fingerprint density at radius 3 is 2.22 bits per heavy atom. The van der Waals surface area contributed by atoms with Crippen molar-refractivity contribution in [2.24, 2.45) is 0 Å². The number of nitrogen functional groups attached to an aromatic ring is 1. The molecule has 2 aromatic rings. The summed E-state index contributed by atoms with van der Waals surface area (Å²) in [5, 5.41) is 4.22. The van der Waals surface area contributed by atoms with Crippen LogP contribution in [0.2, 0.25) is 0 Å². The highest BCUT2D eigenvalue weighted by Gasteiger charge is 2.16. The molecule has 0 fully saturated rings. The van der Waals surface area contributed by atoms with Gasteiger partial charge in [0.25, 0.3) is 0 Å². The molecular weight excluding hydrogens is 236 g/mol. The van der Waals surface area contributed by atoms with E-state index in [0.29, 0.717) is 6.42 Å². The fraction of sp³-hybridized carbons (Fsp3) is 0.308. The first kappa shape index (κ1) is 12.5. The summed E-state index contributed by atoms with van der Waals surface area (Å²) in [4.78, 5) is 0. The van der Waals surface area contributed by atoms with Crippen LogP contribution in [0.1, 0.15) is 25.2 Å². The second-order valence-electron chi connectivity index (χ2n) is 4.08. The molecule has 0 amide bonds. The minimum atomic E-state index is -0.701. The van der Waals surface area contributed by atoms with Crippen LogP contribution in [0.5, 0.6) is 0 Å². The van der Waals surface area contributed by atoms with E-state index < -0.39 is 11.6 Å². The molecule has 96 valence electrons.